The lowest BCUT2D eigenvalue weighted by Gasteiger charge is -2.15. The Morgan fingerprint density at radius 3 is 2.32 bits per heavy atom. The van der Waals surface area contributed by atoms with Crippen molar-refractivity contribution in [3.63, 3.8) is 0 Å². The summed E-state index contributed by atoms with van der Waals surface area (Å²) in [5.74, 6) is 2.31. The van der Waals surface area contributed by atoms with Crippen LogP contribution in [0, 0.1) is 5.92 Å². The Hall–Kier alpha value is -0.890. The highest BCUT2D eigenvalue weighted by atomic mass is 35.5. The van der Waals surface area contributed by atoms with E-state index in [-0.39, 0.29) is 5.38 Å². The van der Waals surface area contributed by atoms with Gasteiger partial charge in [-0.3, -0.25) is 0 Å². The van der Waals surface area contributed by atoms with Crippen LogP contribution in [-0.2, 0) is 0 Å². The number of benzene rings is 1. The Kier molecular flexibility index (Phi) is 5.38. The van der Waals surface area contributed by atoms with E-state index in [1.165, 1.54) is 12.8 Å². The van der Waals surface area contributed by atoms with E-state index in [2.05, 4.69) is 26.0 Å². The third-order valence-corrected chi connectivity index (χ3v) is 3.85. The fourth-order valence-electron chi connectivity index (χ4n) is 2.01. The van der Waals surface area contributed by atoms with Crippen molar-refractivity contribution in [2.24, 2.45) is 5.92 Å². The second kappa shape index (κ2) is 7.04. The zero-order valence-electron chi connectivity index (χ0n) is 11.8. The summed E-state index contributed by atoms with van der Waals surface area (Å²) in [6.45, 7) is 5.63. The maximum atomic E-state index is 6.47. The minimum atomic E-state index is 0.115. The van der Waals surface area contributed by atoms with Crippen LogP contribution < -0.4 is 9.47 Å². The molecule has 1 unspecified atom stereocenters. The van der Waals surface area contributed by atoms with Gasteiger partial charge in [-0.1, -0.05) is 19.9 Å². The molecule has 1 atom stereocenters. The highest BCUT2D eigenvalue weighted by Crippen LogP contribution is 2.46. The molecule has 0 aliphatic heterocycles. The predicted molar refractivity (Wildman–Crippen MR) is 79.3 cm³/mol. The van der Waals surface area contributed by atoms with Gasteiger partial charge in [-0.05, 0) is 49.3 Å². The van der Waals surface area contributed by atoms with E-state index in [4.69, 9.17) is 21.1 Å². The number of hydrogen-bond acceptors (Lipinski definition) is 2. The van der Waals surface area contributed by atoms with Crippen LogP contribution in [0.25, 0.3) is 0 Å². The summed E-state index contributed by atoms with van der Waals surface area (Å²) in [6.07, 6.45) is 4.47. The Morgan fingerprint density at radius 1 is 1.11 bits per heavy atom. The molecule has 0 amide bonds. The summed E-state index contributed by atoms with van der Waals surface area (Å²) >= 11 is 6.47. The third kappa shape index (κ3) is 4.04. The van der Waals surface area contributed by atoms with Crippen LogP contribution in [0.3, 0.4) is 0 Å². The van der Waals surface area contributed by atoms with Gasteiger partial charge in [-0.15, -0.1) is 11.6 Å². The molecule has 1 aliphatic rings. The molecule has 0 radical (unpaired) electrons. The van der Waals surface area contributed by atoms with Crippen LogP contribution >= 0.6 is 11.6 Å². The molecule has 2 rings (SSSR count). The average molecular weight is 283 g/mol. The van der Waals surface area contributed by atoms with Crippen molar-refractivity contribution in [2.75, 3.05) is 13.2 Å². The molecule has 1 aliphatic carbocycles. The van der Waals surface area contributed by atoms with Gasteiger partial charge in [-0.2, -0.15) is 0 Å². The van der Waals surface area contributed by atoms with E-state index in [9.17, 15) is 0 Å². The Bertz CT molecular complexity index is 402. The lowest BCUT2D eigenvalue weighted by atomic mass is 10.1. The fraction of sp³-hybridized carbons (Fsp3) is 0.625. The molecule has 0 spiro atoms. The highest BCUT2D eigenvalue weighted by molar-refractivity contribution is 6.21. The number of ether oxygens (including phenoxy) is 2. The second-order valence-corrected chi connectivity index (χ2v) is 5.61. The lowest BCUT2D eigenvalue weighted by Crippen LogP contribution is -2.03. The van der Waals surface area contributed by atoms with Gasteiger partial charge in [0.2, 0.25) is 0 Å². The molecular weight excluding hydrogens is 260 g/mol. The lowest BCUT2D eigenvalue weighted by molar-refractivity contribution is 0.268. The van der Waals surface area contributed by atoms with Crippen molar-refractivity contribution >= 4 is 11.6 Å². The van der Waals surface area contributed by atoms with Gasteiger partial charge >= 0.3 is 0 Å². The zero-order valence-corrected chi connectivity index (χ0v) is 12.6. The van der Waals surface area contributed by atoms with E-state index in [1.807, 2.05) is 6.07 Å². The van der Waals surface area contributed by atoms with Crippen molar-refractivity contribution < 1.29 is 9.47 Å². The van der Waals surface area contributed by atoms with E-state index in [1.54, 1.807) is 0 Å². The number of rotatable bonds is 8. The molecule has 0 heterocycles. The normalized spacial score (nSPS) is 16.2. The first-order valence-electron chi connectivity index (χ1n) is 7.29. The quantitative estimate of drug-likeness (QED) is 0.628. The monoisotopic (exact) mass is 282 g/mol. The van der Waals surface area contributed by atoms with Crippen LogP contribution in [0.5, 0.6) is 11.5 Å². The van der Waals surface area contributed by atoms with E-state index in [0.29, 0.717) is 12.5 Å². The van der Waals surface area contributed by atoms with Crippen molar-refractivity contribution in [1.29, 1.82) is 0 Å². The Labute approximate surface area is 121 Å². The van der Waals surface area contributed by atoms with Crippen molar-refractivity contribution in [3.8, 4) is 11.5 Å². The molecular formula is C16H23ClO2. The molecule has 1 aromatic rings. The average Bonchev–Trinajstić information content (AvgIpc) is 3.27. The smallest absolute Gasteiger partial charge is 0.161 e. The minimum Gasteiger partial charge on any atom is -0.490 e. The zero-order chi connectivity index (χ0) is 13.7. The molecule has 1 saturated carbocycles. The Morgan fingerprint density at radius 2 is 1.74 bits per heavy atom. The van der Waals surface area contributed by atoms with Gasteiger partial charge in [0.25, 0.3) is 0 Å². The molecule has 1 aromatic carbocycles. The summed E-state index contributed by atoms with van der Waals surface area (Å²) in [7, 11) is 0. The topological polar surface area (TPSA) is 18.5 Å². The molecule has 0 N–H and O–H groups in total. The SMILES string of the molecule is CCCOc1ccc(C(Cl)C2CC2)cc1OCCC. The van der Waals surface area contributed by atoms with Gasteiger partial charge < -0.3 is 9.47 Å². The number of halogens is 1. The fourth-order valence-corrected chi connectivity index (χ4v) is 2.40. The van der Waals surface area contributed by atoms with Crippen LogP contribution in [0.4, 0.5) is 0 Å². The maximum absolute atomic E-state index is 6.47. The third-order valence-electron chi connectivity index (χ3n) is 3.25. The first-order chi connectivity index (χ1) is 9.26. The minimum absolute atomic E-state index is 0.115. The summed E-state index contributed by atoms with van der Waals surface area (Å²) in [4.78, 5) is 0. The standard InChI is InChI=1S/C16H23ClO2/c1-3-9-18-14-8-7-13(16(17)12-5-6-12)11-15(14)19-10-4-2/h7-8,11-12,16H,3-6,9-10H2,1-2H3. The van der Waals surface area contributed by atoms with Crippen molar-refractivity contribution in [1.82, 2.24) is 0 Å². The summed E-state index contributed by atoms with van der Waals surface area (Å²) in [5, 5.41) is 0.115. The molecule has 0 aromatic heterocycles. The molecule has 1 fully saturated rings. The van der Waals surface area contributed by atoms with Crippen molar-refractivity contribution in [2.45, 2.75) is 44.9 Å². The van der Waals surface area contributed by atoms with Crippen molar-refractivity contribution in [3.05, 3.63) is 23.8 Å². The van der Waals surface area contributed by atoms with Gasteiger partial charge in [0.05, 0.1) is 18.6 Å². The van der Waals surface area contributed by atoms with Crippen LogP contribution in [0.2, 0.25) is 0 Å². The maximum Gasteiger partial charge on any atom is 0.161 e. The van der Waals surface area contributed by atoms with E-state index >= 15 is 0 Å². The summed E-state index contributed by atoms with van der Waals surface area (Å²) in [6, 6.07) is 6.12. The van der Waals surface area contributed by atoms with Crippen LogP contribution in [-0.4, -0.2) is 13.2 Å². The molecule has 106 valence electrons. The predicted octanol–water partition coefficient (Wildman–Crippen LogP) is 4.95. The molecule has 19 heavy (non-hydrogen) atoms. The van der Waals surface area contributed by atoms with Crippen LogP contribution in [0.1, 0.15) is 50.5 Å². The first kappa shape index (κ1) is 14.5. The molecule has 0 bridgehead atoms. The van der Waals surface area contributed by atoms with Gasteiger partial charge in [-0.25, -0.2) is 0 Å². The first-order valence-corrected chi connectivity index (χ1v) is 7.73. The molecule has 3 heteroatoms. The van der Waals surface area contributed by atoms with Gasteiger partial charge in [0, 0.05) is 0 Å². The van der Waals surface area contributed by atoms with Gasteiger partial charge in [0.1, 0.15) is 0 Å². The second-order valence-electron chi connectivity index (χ2n) is 5.14. The van der Waals surface area contributed by atoms with Gasteiger partial charge in [0.15, 0.2) is 11.5 Å². The van der Waals surface area contributed by atoms with E-state index in [0.717, 1.165) is 36.5 Å². The Balaban J connectivity index is 2.13. The summed E-state index contributed by atoms with van der Waals surface area (Å²) < 4.78 is 11.5. The van der Waals surface area contributed by atoms with Crippen LogP contribution in [0.15, 0.2) is 18.2 Å². The number of hydrogen-bond donors (Lipinski definition) is 0. The van der Waals surface area contributed by atoms with E-state index < -0.39 is 0 Å². The largest absolute Gasteiger partial charge is 0.490 e. The number of alkyl halides is 1. The molecule has 0 saturated heterocycles. The highest BCUT2D eigenvalue weighted by Gasteiger charge is 2.31. The molecule has 2 nitrogen and oxygen atoms in total. The summed E-state index contributed by atoms with van der Waals surface area (Å²) in [5.41, 5.74) is 1.15.